The first-order valence-electron chi connectivity index (χ1n) is 10.2. The molecule has 2 fully saturated rings. The lowest BCUT2D eigenvalue weighted by Gasteiger charge is -2.49. The highest BCUT2D eigenvalue weighted by molar-refractivity contribution is 5.84. The van der Waals surface area contributed by atoms with Crippen molar-refractivity contribution in [1.82, 2.24) is 19.8 Å². The number of piperidine rings is 2. The van der Waals surface area contributed by atoms with Gasteiger partial charge in [0.2, 0.25) is 5.91 Å². The summed E-state index contributed by atoms with van der Waals surface area (Å²) < 4.78 is 0. The normalized spacial score (nSPS) is 23.1. The number of carbonyl (C=O) groups excluding carboxylic acids is 1. The molecule has 2 aromatic rings. The zero-order valence-corrected chi connectivity index (χ0v) is 16.4. The first kappa shape index (κ1) is 18.2. The summed E-state index contributed by atoms with van der Waals surface area (Å²) >= 11 is 0. The summed E-state index contributed by atoms with van der Waals surface area (Å²) in [6.07, 6.45) is 5.08. The van der Waals surface area contributed by atoms with Crippen LogP contribution in [-0.4, -0.2) is 51.9 Å². The Bertz CT molecular complexity index is 777. The van der Waals surface area contributed by atoms with Gasteiger partial charge in [-0.1, -0.05) is 30.3 Å². The van der Waals surface area contributed by atoms with E-state index in [9.17, 15) is 4.79 Å². The summed E-state index contributed by atoms with van der Waals surface area (Å²) in [5, 5.41) is 0. The van der Waals surface area contributed by atoms with Crippen molar-refractivity contribution in [3.8, 4) is 0 Å². The highest BCUT2D eigenvalue weighted by Gasteiger charge is 2.45. The molecule has 1 aromatic heterocycles. The third-order valence-electron chi connectivity index (χ3n) is 6.58. The van der Waals surface area contributed by atoms with Crippen molar-refractivity contribution >= 4 is 5.91 Å². The molecule has 5 heteroatoms. The van der Waals surface area contributed by atoms with Gasteiger partial charge in [-0.2, -0.15) is 0 Å². The van der Waals surface area contributed by atoms with E-state index in [-0.39, 0.29) is 11.3 Å². The molecule has 0 aliphatic carbocycles. The summed E-state index contributed by atoms with van der Waals surface area (Å²) in [4.78, 5) is 25.2. The number of nitrogens with one attached hydrogen (secondary N) is 1. The number of aryl methyl sites for hydroxylation is 1. The van der Waals surface area contributed by atoms with Gasteiger partial charge in [0, 0.05) is 25.3 Å². The lowest BCUT2D eigenvalue weighted by atomic mass is 9.67. The second-order valence-corrected chi connectivity index (χ2v) is 8.27. The van der Waals surface area contributed by atoms with Crippen LogP contribution in [0.3, 0.4) is 0 Å². The number of rotatable bonds is 4. The predicted octanol–water partition coefficient (Wildman–Crippen LogP) is 3.34. The van der Waals surface area contributed by atoms with E-state index in [4.69, 9.17) is 0 Å². The van der Waals surface area contributed by atoms with E-state index in [0.29, 0.717) is 5.91 Å². The number of likely N-dealkylation sites (N-methyl/N-ethyl adjacent to an activating group) is 1. The number of likely N-dealkylation sites (tertiary alicyclic amines) is 2. The van der Waals surface area contributed by atoms with Crippen molar-refractivity contribution in [3.63, 3.8) is 0 Å². The summed E-state index contributed by atoms with van der Waals surface area (Å²) in [5.41, 5.74) is 3.75. The Morgan fingerprint density at radius 2 is 1.96 bits per heavy atom. The fraction of sp³-hybridized carbons (Fsp3) is 0.545. The zero-order valence-electron chi connectivity index (χ0n) is 16.4. The first-order valence-corrected chi connectivity index (χ1v) is 10.2. The largest absolute Gasteiger partial charge is 0.348 e. The fourth-order valence-electron chi connectivity index (χ4n) is 4.81. The van der Waals surface area contributed by atoms with Crippen LogP contribution < -0.4 is 0 Å². The molecule has 4 rings (SSSR count). The topological polar surface area (TPSA) is 52.2 Å². The molecule has 2 aliphatic heterocycles. The molecule has 0 bridgehead atoms. The smallest absolute Gasteiger partial charge is 0.230 e. The molecule has 0 radical (unpaired) electrons. The van der Waals surface area contributed by atoms with Gasteiger partial charge in [0.25, 0.3) is 0 Å². The van der Waals surface area contributed by atoms with Gasteiger partial charge in [0.1, 0.15) is 0 Å². The van der Waals surface area contributed by atoms with E-state index in [2.05, 4.69) is 57.9 Å². The van der Waals surface area contributed by atoms with Gasteiger partial charge in [-0.05, 0) is 57.2 Å². The second kappa shape index (κ2) is 7.47. The first-order chi connectivity index (χ1) is 13.1. The zero-order chi connectivity index (χ0) is 18.9. The summed E-state index contributed by atoms with van der Waals surface area (Å²) in [5.74, 6) is 0.323. The minimum absolute atomic E-state index is 0.0139. The Labute approximate surface area is 161 Å². The van der Waals surface area contributed by atoms with E-state index in [1.54, 1.807) is 6.33 Å². The minimum Gasteiger partial charge on any atom is -0.348 e. The van der Waals surface area contributed by atoms with Crippen LogP contribution >= 0.6 is 0 Å². The maximum absolute atomic E-state index is 13.0. The van der Waals surface area contributed by atoms with Crippen LogP contribution in [0.4, 0.5) is 0 Å². The van der Waals surface area contributed by atoms with Crippen molar-refractivity contribution in [2.45, 2.75) is 45.6 Å². The number of H-pyrrole nitrogens is 1. The molecule has 1 aromatic carbocycles. The van der Waals surface area contributed by atoms with Crippen LogP contribution in [0.25, 0.3) is 0 Å². The molecule has 2 saturated heterocycles. The third kappa shape index (κ3) is 3.65. The number of hydrogen-bond acceptors (Lipinski definition) is 3. The highest BCUT2D eigenvalue weighted by Crippen LogP contribution is 2.45. The van der Waals surface area contributed by atoms with Crippen molar-refractivity contribution in [3.05, 3.63) is 53.6 Å². The van der Waals surface area contributed by atoms with E-state index in [1.165, 1.54) is 11.3 Å². The van der Waals surface area contributed by atoms with Crippen LogP contribution in [0.5, 0.6) is 0 Å². The Balaban J connectivity index is 1.48. The predicted molar refractivity (Wildman–Crippen MR) is 106 cm³/mol. The number of aromatic nitrogens is 2. The van der Waals surface area contributed by atoms with Gasteiger partial charge >= 0.3 is 0 Å². The van der Waals surface area contributed by atoms with Gasteiger partial charge in [0.05, 0.1) is 17.9 Å². The molecular formula is C22H30N4O. The molecule has 1 atom stereocenters. The Kier molecular flexibility index (Phi) is 5.04. The Hall–Kier alpha value is -2.14. The SMILES string of the molecule is CCN1CC2(CCN(Cc3nc[nH]c3C)CC2)CC(c2ccccc2)C1=O. The van der Waals surface area contributed by atoms with Gasteiger partial charge < -0.3 is 9.88 Å². The van der Waals surface area contributed by atoms with E-state index < -0.39 is 0 Å². The molecule has 5 nitrogen and oxygen atoms in total. The second-order valence-electron chi connectivity index (χ2n) is 8.27. The number of aromatic amines is 1. The number of nitrogens with zero attached hydrogens (tertiary/aromatic N) is 3. The molecule has 1 unspecified atom stereocenters. The van der Waals surface area contributed by atoms with Crippen molar-refractivity contribution in [2.75, 3.05) is 26.2 Å². The quantitative estimate of drug-likeness (QED) is 0.903. The molecule has 2 aliphatic rings. The molecule has 144 valence electrons. The van der Waals surface area contributed by atoms with Crippen LogP contribution in [0.2, 0.25) is 0 Å². The van der Waals surface area contributed by atoms with Crippen LogP contribution in [-0.2, 0) is 11.3 Å². The van der Waals surface area contributed by atoms with Crippen molar-refractivity contribution in [2.24, 2.45) is 5.41 Å². The number of benzene rings is 1. The number of hydrogen-bond donors (Lipinski definition) is 1. The number of imidazole rings is 1. The van der Waals surface area contributed by atoms with E-state index in [0.717, 1.165) is 57.7 Å². The monoisotopic (exact) mass is 366 g/mol. The summed E-state index contributed by atoms with van der Waals surface area (Å²) in [6, 6.07) is 10.4. The number of amides is 1. The average Bonchev–Trinajstić information content (AvgIpc) is 3.11. The van der Waals surface area contributed by atoms with Gasteiger partial charge in [0.15, 0.2) is 0 Å². The van der Waals surface area contributed by atoms with Crippen LogP contribution in [0.15, 0.2) is 36.7 Å². The van der Waals surface area contributed by atoms with Crippen LogP contribution in [0, 0.1) is 12.3 Å². The Morgan fingerprint density at radius 1 is 1.22 bits per heavy atom. The lowest BCUT2D eigenvalue weighted by Crippen LogP contribution is -2.53. The van der Waals surface area contributed by atoms with Gasteiger partial charge in [-0.15, -0.1) is 0 Å². The van der Waals surface area contributed by atoms with Crippen molar-refractivity contribution < 1.29 is 4.79 Å². The fourth-order valence-corrected chi connectivity index (χ4v) is 4.81. The molecule has 0 saturated carbocycles. The maximum atomic E-state index is 13.0. The lowest BCUT2D eigenvalue weighted by molar-refractivity contribution is -0.141. The third-order valence-corrected chi connectivity index (χ3v) is 6.58. The summed E-state index contributed by atoms with van der Waals surface area (Å²) in [7, 11) is 0. The average molecular weight is 367 g/mol. The van der Waals surface area contributed by atoms with E-state index >= 15 is 0 Å². The van der Waals surface area contributed by atoms with E-state index in [1.807, 2.05) is 6.07 Å². The molecule has 1 amide bonds. The minimum atomic E-state index is 0.0139. The standard InChI is InChI=1S/C22H30N4O/c1-3-26-15-22(13-19(21(26)27)18-7-5-4-6-8-18)9-11-25(12-10-22)14-20-17(2)23-16-24-20/h4-8,16,19H,3,9-15H2,1-2H3,(H,23,24). The molecular weight excluding hydrogens is 336 g/mol. The van der Waals surface area contributed by atoms with Crippen molar-refractivity contribution in [1.29, 1.82) is 0 Å². The number of carbonyl (C=O) groups is 1. The molecule has 1 spiro atoms. The maximum Gasteiger partial charge on any atom is 0.230 e. The molecule has 3 heterocycles. The van der Waals surface area contributed by atoms with Gasteiger partial charge in [-0.3, -0.25) is 9.69 Å². The van der Waals surface area contributed by atoms with Crippen LogP contribution in [0.1, 0.15) is 49.1 Å². The summed E-state index contributed by atoms with van der Waals surface area (Å²) in [6.45, 7) is 9.00. The Morgan fingerprint density at radius 3 is 2.59 bits per heavy atom. The molecule has 27 heavy (non-hydrogen) atoms. The van der Waals surface area contributed by atoms with Gasteiger partial charge in [-0.25, -0.2) is 4.98 Å². The highest BCUT2D eigenvalue weighted by atomic mass is 16.2. The molecule has 1 N–H and O–H groups in total.